The Morgan fingerprint density at radius 3 is 2.42 bits per heavy atom. The molecule has 172 valence electrons. The molecule has 3 N–H and O–H groups in total. The fraction of sp³-hybridized carbons (Fsp3) is 0.308. The second-order valence-electron chi connectivity index (χ2n) is 8.31. The van der Waals surface area contributed by atoms with Gasteiger partial charge in [0.15, 0.2) is 0 Å². The van der Waals surface area contributed by atoms with Crippen molar-refractivity contribution < 1.29 is 14.3 Å². The van der Waals surface area contributed by atoms with Crippen LogP contribution in [0.15, 0.2) is 66.0 Å². The van der Waals surface area contributed by atoms with Crippen LogP contribution in [0.2, 0.25) is 0 Å². The Balaban J connectivity index is 1.51. The first-order chi connectivity index (χ1) is 16.0. The molecule has 6 nitrogen and oxygen atoms in total. The van der Waals surface area contributed by atoms with Crippen molar-refractivity contribution in [2.24, 2.45) is 5.73 Å². The third-order valence-electron chi connectivity index (χ3n) is 6.09. The van der Waals surface area contributed by atoms with Gasteiger partial charge in [0, 0.05) is 29.9 Å². The summed E-state index contributed by atoms with van der Waals surface area (Å²) < 4.78 is 5.23. The number of anilines is 1. The van der Waals surface area contributed by atoms with E-state index in [0.717, 1.165) is 36.9 Å². The molecule has 7 heteroatoms. The van der Waals surface area contributed by atoms with E-state index in [1.54, 1.807) is 37.4 Å². The molecule has 1 aromatic heterocycles. The van der Waals surface area contributed by atoms with Crippen molar-refractivity contribution in [3.8, 4) is 5.75 Å². The molecule has 2 atom stereocenters. The van der Waals surface area contributed by atoms with Gasteiger partial charge in [0.25, 0.3) is 11.8 Å². The van der Waals surface area contributed by atoms with Gasteiger partial charge in [-0.1, -0.05) is 31.0 Å². The fourth-order valence-electron chi connectivity index (χ4n) is 4.26. The summed E-state index contributed by atoms with van der Waals surface area (Å²) in [7, 11) is 1.61. The van der Waals surface area contributed by atoms with Gasteiger partial charge < -0.3 is 20.7 Å². The van der Waals surface area contributed by atoms with E-state index >= 15 is 0 Å². The molecular formula is C26H29N3O3S. The van der Waals surface area contributed by atoms with Crippen molar-refractivity contribution in [3.05, 3.63) is 82.0 Å². The summed E-state index contributed by atoms with van der Waals surface area (Å²) >= 11 is 1.41. The SMILES string of the molecule is COc1ccc(C(=O)N(Cc2ccc(NC(=O)c3cccs3)cc2)C2CCCCC2N)cc1. The molecule has 1 fully saturated rings. The number of hydrogen-bond donors (Lipinski definition) is 2. The van der Waals surface area contributed by atoms with Crippen molar-refractivity contribution in [1.29, 1.82) is 0 Å². The summed E-state index contributed by atoms with van der Waals surface area (Å²) in [4.78, 5) is 28.4. The molecular weight excluding hydrogens is 434 g/mol. The zero-order valence-corrected chi connectivity index (χ0v) is 19.5. The number of nitrogens with one attached hydrogen (secondary N) is 1. The van der Waals surface area contributed by atoms with Gasteiger partial charge in [-0.25, -0.2) is 0 Å². The Bertz CT molecular complexity index is 1070. The Morgan fingerprint density at radius 2 is 1.79 bits per heavy atom. The van der Waals surface area contributed by atoms with Gasteiger partial charge in [-0.3, -0.25) is 9.59 Å². The molecule has 2 amide bonds. The third kappa shape index (κ3) is 5.61. The summed E-state index contributed by atoms with van der Waals surface area (Å²) in [5.41, 5.74) is 8.79. The van der Waals surface area contributed by atoms with E-state index in [2.05, 4.69) is 5.32 Å². The molecule has 0 radical (unpaired) electrons. The van der Waals surface area contributed by atoms with Crippen molar-refractivity contribution in [1.82, 2.24) is 4.90 Å². The topological polar surface area (TPSA) is 84.7 Å². The van der Waals surface area contributed by atoms with E-state index in [4.69, 9.17) is 10.5 Å². The molecule has 3 aromatic rings. The minimum atomic E-state index is -0.123. The van der Waals surface area contributed by atoms with E-state index in [1.165, 1.54) is 11.3 Å². The van der Waals surface area contributed by atoms with Crippen LogP contribution >= 0.6 is 11.3 Å². The summed E-state index contributed by atoms with van der Waals surface area (Å²) in [5, 5.41) is 4.79. The molecule has 0 spiro atoms. The van der Waals surface area contributed by atoms with Crippen LogP contribution in [0.4, 0.5) is 5.69 Å². The van der Waals surface area contributed by atoms with Crippen LogP contribution in [0.3, 0.4) is 0 Å². The first-order valence-electron chi connectivity index (χ1n) is 11.2. The quantitative estimate of drug-likeness (QED) is 0.521. The minimum absolute atomic E-state index is 0.00782. The molecule has 2 aromatic carbocycles. The van der Waals surface area contributed by atoms with E-state index in [-0.39, 0.29) is 23.9 Å². The van der Waals surface area contributed by atoms with Gasteiger partial charge in [0.2, 0.25) is 0 Å². The molecule has 1 heterocycles. The number of hydrogen-bond acceptors (Lipinski definition) is 5. The number of thiophene rings is 1. The molecule has 0 bridgehead atoms. The Kier molecular flexibility index (Phi) is 7.42. The van der Waals surface area contributed by atoms with Crippen LogP contribution in [0.1, 0.15) is 51.3 Å². The lowest BCUT2D eigenvalue weighted by Gasteiger charge is -2.38. The minimum Gasteiger partial charge on any atom is -0.497 e. The summed E-state index contributed by atoms with van der Waals surface area (Å²) in [6, 6.07) is 18.5. The number of nitrogens with zero attached hydrogens (tertiary/aromatic N) is 1. The zero-order valence-electron chi connectivity index (χ0n) is 18.7. The monoisotopic (exact) mass is 463 g/mol. The van der Waals surface area contributed by atoms with Crippen LogP contribution in [-0.2, 0) is 6.54 Å². The van der Waals surface area contributed by atoms with Gasteiger partial charge in [-0.05, 0) is 66.2 Å². The first kappa shape index (κ1) is 23.0. The Morgan fingerprint density at radius 1 is 1.06 bits per heavy atom. The lowest BCUT2D eigenvalue weighted by molar-refractivity contribution is 0.0583. The highest BCUT2D eigenvalue weighted by Gasteiger charge is 2.31. The van der Waals surface area contributed by atoms with Crippen molar-refractivity contribution in [2.45, 2.75) is 44.3 Å². The maximum Gasteiger partial charge on any atom is 0.265 e. The fourth-order valence-corrected chi connectivity index (χ4v) is 4.88. The lowest BCUT2D eigenvalue weighted by Crippen LogP contribution is -2.51. The normalized spacial score (nSPS) is 17.9. The Labute approximate surface area is 198 Å². The molecule has 0 saturated heterocycles. The molecule has 1 aliphatic carbocycles. The van der Waals surface area contributed by atoms with E-state index in [9.17, 15) is 9.59 Å². The number of nitrogens with two attached hydrogens (primary N) is 1. The van der Waals surface area contributed by atoms with E-state index in [0.29, 0.717) is 22.7 Å². The van der Waals surface area contributed by atoms with Gasteiger partial charge in [-0.2, -0.15) is 0 Å². The number of carbonyl (C=O) groups is 2. The first-order valence-corrected chi connectivity index (χ1v) is 12.1. The number of methoxy groups -OCH3 is 1. The van der Waals surface area contributed by atoms with Crippen LogP contribution in [0, 0.1) is 0 Å². The molecule has 2 unspecified atom stereocenters. The summed E-state index contributed by atoms with van der Waals surface area (Å²) in [5.74, 6) is 0.560. The van der Waals surface area contributed by atoms with E-state index in [1.807, 2.05) is 40.6 Å². The standard InChI is InChI=1S/C26H29N3O3S/c1-32-21-14-10-19(11-15-21)26(31)29(23-6-3-2-5-22(23)27)17-18-8-12-20(13-9-18)28-25(30)24-7-4-16-33-24/h4,7-16,22-23H,2-3,5-6,17,27H2,1H3,(H,28,30). The summed E-state index contributed by atoms with van der Waals surface area (Å²) in [6.07, 6.45) is 3.99. The number of amides is 2. The number of ether oxygens (including phenoxy) is 1. The highest BCUT2D eigenvalue weighted by atomic mass is 32.1. The predicted octanol–water partition coefficient (Wildman–Crippen LogP) is 4.92. The summed E-state index contributed by atoms with van der Waals surface area (Å²) in [6.45, 7) is 0.461. The molecule has 33 heavy (non-hydrogen) atoms. The number of carbonyl (C=O) groups excluding carboxylic acids is 2. The van der Waals surface area contributed by atoms with Crippen molar-refractivity contribution in [2.75, 3.05) is 12.4 Å². The van der Waals surface area contributed by atoms with Crippen molar-refractivity contribution in [3.63, 3.8) is 0 Å². The predicted molar refractivity (Wildman–Crippen MR) is 132 cm³/mol. The van der Waals surface area contributed by atoms with Gasteiger partial charge in [-0.15, -0.1) is 11.3 Å². The molecule has 1 aliphatic rings. The second-order valence-corrected chi connectivity index (χ2v) is 9.25. The van der Waals surface area contributed by atoms with Crippen LogP contribution in [0.25, 0.3) is 0 Å². The van der Waals surface area contributed by atoms with Gasteiger partial charge in [0.05, 0.1) is 12.0 Å². The number of rotatable bonds is 7. The highest BCUT2D eigenvalue weighted by molar-refractivity contribution is 7.12. The molecule has 0 aliphatic heterocycles. The number of benzene rings is 2. The van der Waals surface area contributed by atoms with Gasteiger partial charge in [0.1, 0.15) is 5.75 Å². The third-order valence-corrected chi connectivity index (χ3v) is 6.96. The second kappa shape index (κ2) is 10.6. The van der Waals surface area contributed by atoms with Crippen molar-refractivity contribution >= 4 is 28.8 Å². The van der Waals surface area contributed by atoms with Crippen LogP contribution in [-0.4, -0.2) is 35.9 Å². The average Bonchev–Trinajstić information content (AvgIpc) is 3.39. The molecule has 1 saturated carbocycles. The Hall–Kier alpha value is -3.16. The smallest absolute Gasteiger partial charge is 0.265 e. The largest absolute Gasteiger partial charge is 0.497 e. The maximum atomic E-state index is 13.5. The van der Waals surface area contributed by atoms with Crippen LogP contribution < -0.4 is 15.8 Å². The van der Waals surface area contributed by atoms with E-state index < -0.39 is 0 Å². The van der Waals surface area contributed by atoms with Crippen LogP contribution in [0.5, 0.6) is 5.75 Å². The highest BCUT2D eigenvalue weighted by Crippen LogP contribution is 2.26. The van der Waals surface area contributed by atoms with Gasteiger partial charge >= 0.3 is 0 Å². The maximum absolute atomic E-state index is 13.5. The average molecular weight is 464 g/mol. The molecule has 4 rings (SSSR count). The lowest BCUT2D eigenvalue weighted by atomic mass is 9.89. The zero-order chi connectivity index (χ0) is 23.2.